The summed E-state index contributed by atoms with van der Waals surface area (Å²) < 4.78 is 5.74. The average molecular weight is 240 g/mol. The fourth-order valence-electron chi connectivity index (χ4n) is 2.37. The molecule has 1 aliphatic rings. The topological polar surface area (TPSA) is 48.1 Å². The van der Waals surface area contributed by atoms with Crippen LogP contribution in [0.3, 0.4) is 0 Å². The van der Waals surface area contributed by atoms with E-state index < -0.39 is 0 Å². The second-order valence-corrected chi connectivity index (χ2v) is 4.64. The Morgan fingerprint density at radius 1 is 1.06 bits per heavy atom. The van der Waals surface area contributed by atoms with Crippen molar-refractivity contribution < 1.29 is 4.74 Å². The van der Waals surface area contributed by atoms with Gasteiger partial charge in [0.05, 0.1) is 5.69 Å². The number of aryl methyl sites for hydroxylation is 2. The Balaban J connectivity index is 1.87. The van der Waals surface area contributed by atoms with Crippen molar-refractivity contribution in [2.24, 2.45) is 0 Å². The summed E-state index contributed by atoms with van der Waals surface area (Å²) in [5.41, 5.74) is 9.23. The molecule has 0 saturated carbocycles. The molecule has 1 heterocycles. The Morgan fingerprint density at radius 2 is 1.89 bits per heavy atom. The zero-order chi connectivity index (χ0) is 12.4. The number of rotatable bonds is 2. The van der Waals surface area contributed by atoms with E-state index in [0.29, 0.717) is 11.6 Å². The summed E-state index contributed by atoms with van der Waals surface area (Å²) in [5.74, 6) is 1.30. The van der Waals surface area contributed by atoms with Gasteiger partial charge in [0, 0.05) is 6.20 Å². The second-order valence-electron chi connectivity index (χ2n) is 4.64. The molecule has 0 unspecified atom stereocenters. The maximum Gasteiger partial charge on any atom is 0.242 e. The molecule has 0 aliphatic heterocycles. The first-order chi connectivity index (χ1) is 8.83. The van der Waals surface area contributed by atoms with Crippen molar-refractivity contribution in [3.8, 4) is 11.6 Å². The summed E-state index contributed by atoms with van der Waals surface area (Å²) >= 11 is 0. The van der Waals surface area contributed by atoms with Crippen LogP contribution in [-0.4, -0.2) is 4.98 Å². The summed E-state index contributed by atoms with van der Waals surface area (Å²) in [7, 11) is 0. The smallest absolute Gasteiger partial charge is 0.242 e. The van der Waals surface area contributed by atoms with Crippen LogP contribution >= 0.6 is 0 Å². The van der Waals surface area contributed by atoms with Crippen LogP contribution in [0.2, 0.25) is 0 Å². The van der Waals surface area contributed by atoms with Gasteiger partial charge in [-0.1, -0.05) is 6.07 Å². The number of benzene rings is 1. The Hall–Kier alpha value is -2.03. The summed E-state index contributed by atoms with van der Waals surface area (Å²) in [5, 5.41) is 0. The highest BCUT2D eigenvalue weighted by molar-refractivity contribution is 5.49. The minimum Gasteiger partial charge on any atom is -0.437 e. The Labute approximate surface area is 107 Å². The van der Waals surface area contributed by atoms with Gasteiger partial charge in [0.25, 0.3) is 0 Å². The summed E-state index contributed by atoms with van der Waals surface area (Å²) in [6.07, 6.45) is 6.57. The highest BCUT2D eigenvalue weighted by Crippen LogP contribution is 2.29. The Bertz CT molecular complexity index is 566. The number of pyridine rings is 1. The van der Waals surface area contributed by atoms with Crippen molar-refractivity contribution >= 4 is 5.69 Å². The summed E-state index contributed by atoms with van der Waals surface area (Å²) in [4.78, 5) is 4.14. The van der Waals surface area contributed by atoms with Gasteiger partial charge in [-0.2, -0.15) is 0 Å². The number of nitrogens with zero attached hydrogens (tertiary/aromatic N) is 1. The summed E-state index contributed by atoms with van der Waals surface area (Å²) in [6, 6.07) is 9.86. The number of fused-ring (bicyclic) bond motifs is 1. The van der Waals surface area contributed by atoms with E-state index in [9.17, 15) is 0 Å². The molecule has 92 valence electrons. The lowest BCUT2D eigenvalue weighted by Gasteiger charge is -2.16. The third kappa shape index (κ3) is 2.16. The van der Waals surface area contributed by atoms with Gasteiger partial charge in [0.15, 0.2) is 0 Å². The normalized spacial score (nSPS) is 14.0. The van der Waals surface area contributed by atoms with E-state index in [-0.39, 0.29) is 0 Å². The van der Waals surface area contributed by atoms with Crippen LogP contribution in [0.25, 0.3) is 0 Å². The molecule has 1 aromatic carbocycles. The van der Waals surface area contributed by atoms with Crippen molar-refractivity contribution in [3.63, 3.8) is 0 Å². The van der Waals surface area contributed by atoms with Gasteiger partial charge >= 0.3 is 0 Å². The van der Waals surface area contributed by atoms with Crippen LogP contribution < -0.4 is 10.5 Å². The van der Waals surface area contributed by atoms with E-state index in [1.807, 2.05) is 6.07 Å². The quantitative estimate of drug-likeness (QED) is 0.875. The molecule has 1 aromatic heterocycles. The van der Waals surface area contributed by atoms with Gasteiger partial charge in [0.1, 0.15) is 5.75 Å². The molecule has 2 aromatic rings. The highest BCUT2D eigenvalue weighted by atomic mass is 16.5. The molecule has 0 radical (unpaired) electrons. The lowest BCUT2D eigenvalue weighted by molar-refractivity contribution is 0.464. The maximum atomic E-state index is 5.82. The zero-order valence-corrected chi connectivity index (χ0v) is 10.2. The second kappa shape index (κ2) is 4.69. The first-order valence-corrected chi connectivity index (χ1v) is 6.33. The van der Waals surface area contributed by atoms with Crippen LogP contribution in [0.4, 0.5) is 5.69 Å². The van der Waals surface area contributed by atoms with Gasteiger partial charge < -0.3 is 10.5 Å². The summed E-state index contributed by atoms with van der Waals surface area (Å²) in [6.45, 7) is 0. The van der Waals surface area contributed by atoms with Gasteiger partial charge in [0.2, 0.25) is 5.88 Å². The number of nitrogens with two attached hydrogens (primary N) is 1. The Morgan fingerprint density at radius 3 is 2.72 bits per heavy atom. The molecular formula is C15H16N2O. The van der Waals surface area contributed by atoms with E-state index >= 15 is 0 Å². The van der Waals surface area contributed by atoms with Crippen LogP contribution in [0.1, 0.15) is 24.0 Å². The van der Waals surface area contributed by atoms with Crippen molar-refractivity contribution in [3.05, 3.63) is 47.7 Å². The molecule has 3 nitrogen and oxygen atoms in total. The molecule has 0 bridgehead atoms. The monoisotopic (exact) mass is 240 g/mol. The third-order valence-electron chi connectivity index (χ3n) is 3.34. The molecular weight excluding hydrogens is 224 g/mol. The van der Waals surface area contributed by atoms with Crippen LogP contribution in [0.15, 0.2) is 36.5 Å². The first-order valence-electron chi connectivity index (χ1n) is 6.33. The standard InChI is InChI=1S/C15H16N2O/c16-14-6-3-9-17-15(14)18-13-8-7-11-4-1-2-5-12(11)10-13/h3,6-10H,1-2,4-5,16H2. The van der Waals surface area contributed by atoms with Gasteiger partial charge in [-0.15, -0.1) is 0 Å². The van der Waals surface area contributed by atoms with Crippen molar-refractivity contribution in [2.45, 2.75) is 25.7 Å². The Kier molecular flexibility index (Phi) is 2.89. The fraction of sp³-hybridized carbons (Fsp3) is 0.267. The van der Waals surface area contributed by atoms with Crippen LogP contribution in [0, 0.1) is 0 Å². The molecule has 0 fully saturated rings. The molecule has 0 spiro atoms. The SMILES string of the molecule is Nc1cccnc1Oc1ccc2c(c1)CCCC2. The van der Waals surface area contributed by atoms with Crippen molar-refractivity contribution in [1.29, 1.82) is 0 Å². The van der Waals surface area contributed by atoms with E-state index in [0.717, 1.165) is 12.2 Å². The molecule has 3 rings (SSSR count). The van der Waals surface area contributed by atoms with Gasteiger partial charge in [-0.05, 0) is 61.1 Å². The molecule has 18 heavy (non-hydrogen) atoms. The van der Waals surface area contributed by atoms with E-state index in [1.165, 1.54) is 30.4 Å². The predicted molar refractivity (Wildman–Crippen MR) is 71.8 cm³/mol. The van der Waals surface area contributed by atoms with Crippen LogP contribution in [-0.2, 0) is 12.8 Å². The van der Waals surface area contributed by atoms with E-state index in [4.69, 9.17) is 10.5 Å². The third-order valence-corrected chi connectivity index (χ3v) is 3.34. The van der Waals surface area contributed by atoms with E-state index in [2.05, 4.69) is 17.1 Å². The van der Waals surface area contributed by atoms with Crippen molar-refractivity contribution in [2.75, 3.05) is 5.73 Å². The number of hydrogen-bond acceptors (Lipinski definition) is 3. The molecule has 0 saturated heterocycles. The number of ether oxygens (including phenoxy) is 1. The predicted octanol–water partition coefficient (Wildman–Crippen LogP) is 3.33. The van der Waals surface area contributed by atoms with Crippen molar-refractivity contribution in [1.82, 2.24) is 4.98 Å². The number of aromatic nitrogens is 1. The number of nitrogen functional groups attached to an aromatic ring is 1. The number of hydrogen-bond donors (Lipinski definition) is 1. The van der Waals surface area contributed by atoms with E-state index in [1.54, 1.807) is 18.3 Å². The lowest BCUT2D eigenvalue weighted by atomic mass is 9.92. The number of anilines is 1. The molecule has 1 aliphatic carbocycles. The molecule has 0 atom stereocenters. The average Bonchev–Trinajstić information content (AvgIpc) is 2.41. The lowest BCUT2D eigenvalue weighted by Crippen LogP contribution is -2.02. The molecule has 2 N–H and O–H groups in total. The fourth-order valence-corrected chi connectivity index (χ4v) is 2.37. The largest absolute Gasteiger partial charge is 0.437 e. The van der Waals surface area contributed by atoms with Crippen LogP contribution in [0.5, 0.6) is 11.6 Å². The molecule has 0 amide bonds. The molecule has 3 heteroatoms. The highest BCUT2D eigenvalue weighted by Gasteiger charge is 2.11. The first kappa shape index (κ1) is 11.1. The minimum atomic E-state index is 0.480. The zero-order valence-electron chi connectivity index (χ0n) is 10.2. The van der Waals surface area contributed by atoms with Gasteiger partial charge in [-0.3, -0.25) is 0 Å². The minimum absolute atomic E-state index is 0.480. The maximum absolute atomic E-state index is 5.82. The van der Waals surface area contributed by atoms with Gasteiger partial charge in [-0.25, -0.2) is 4.98 Å².